The molecule has 0 amide bonds. The second-order valence-corrected chi connectivity index (χ2v) is 4.05. The van der Waals surface area contributed by atoms with Gasteiger partial charge in [0, 0.05) is 12.1 Å². The van der Waals surface area contributed by atoms with Crippen LogP contribution in [0.3, 0.4) is 0 Å². The summed E-state index contributed by atoms with van der Waals surface area (Å²) >= 11 is 0. The maximum atomic E-state index is 13.4. The van der Waals surface area contributed by atoms with Crippen molar-refractivity contribution >= 4 is 5.69 Å². The third kappa shape index (κ3) is 2.83. The first-order chi connectivity index (χ1) is 8.56. The van der Waals surface area contributed by atoms with Crippen molar-refractivity contribution in [2.45, 2.75) is 13.0 Å². The Balaban J connectivity index is 2.22. The molecule has 0 radical (unpaired) electrons. The number of hydrogen-bond donors (Lipinski definition) is 1. The molecule has 1 N–H and O–H groups in total. The highest BCUT2D eigenvalue weighted by Crippen LogP contribution is 2.22. The van der Waals surface area contributed by atoms with Crippen molar-refractivity contribution in [2.24, 2.45) is 0 Å². The molecule has 1 unspecified atom stereocenters. The van der Waals surface area contributed by atoms with Crippen LogP contribution in [-0.4, -0.2) is 0 Å². The maximum absolute atomic E-state index is 13.4. The van der Waals surface area contributed by atoms with Gasteiger partial charge in [-0.05, 0) is 36.8 Å². The van der Waals surface area contributed by atoms with Crippen LogP contribution >= 0.6 is 0 Å². The lowest BCUT2D eigenvalue weighted by Crippen LogP contribution is -2.08. The largest absolute Gasteiger partial charge is 0.376 e. The van der Waals surface area contributed by atoms with Crippen molar-refractivity contribution in [3.63, 3.8) is 0 Å². The van der Waals surface area contributed by atoms with E-state index in [1.54, 1.807) is 25.1 Å². The summed E-state index contributed by atoms with van der Waals surface area (Å²) in [4.78, 5) is 0. The van der Waals surface area contributed by atoms with Gasteiger partial charge in [-0.15, -0.1) is 0 Å². The van der Waals surface area contributed by atoms with Gasteiger partial charge in [-0.2, -0.15) is 0 Å². The van der Waals surface area contributed by atoms with Crippen molar-refractivity contribution in [2.75, 3.05) is 5.32 Å². The fourth-order valence-corrected chi connectivity index (χ4v) is 1.72. The molecule has 18 heavy (non-hydrogen) atoms. The molecule has 0 saturated heterocycles. The first kappa shape index (κ1) is 12.5. The Labute approximate surface area is 103 Å². The van der Waals surface area contributed by atoms with Gasteiger partial charge in [0.15, 0.2) is 0 Å². The van der Waals surface area contributed by atoms with Crippen LogP contribution in [0.25, 0.3) is 0 Å². The Morgan fingerprint density at radius 1 is 0.944 bits per heavy atom. The molecule has 1 atom stereocenters. The number of hydrogen-bond acceptors (Lipinski definition) is 1. The lowest BCUT2D eigenvalue weighted by atomic mass is 10.1. The molecule has 2 rings (SSSR count). The summed E-state index contributed by atoms with van der Waals surface area (Å²) in [6, 6.07) is 9.01. The van der Waals surface area contributed by atoms with E-state index in [9.17, 15) is 13.2 Å². The summed E-state index contributed by atoms with van der Waals surface area (Å²) in [7, 11) is 0. The monoisotopic (exact) mass is 251 g/mol. The molecule has 0 spiro atoms. The van der Waals surface area contributed by atoms with Crippen molar-refractivity contribution in [1.82, 2.24) is 0 Å². The molecule has 0 fully saturated rings. The molecule has 0 saturated carbocycles. The molecule has 4 heteroatoms. The average molecular weight is 251 g/mol. The molecule has 0 aliphatic heterocycles. The van der Waals surface area contributed by atoms with Gasteiger partial charge in [0.1, 0.15) is 17.5 Å². The molecule has 0 aromatic heterocycles. The molecule has 0 aliphatic rings. The topological polar surface area (TPSA) is 12.0 Å². The molecular formula is C14H12F3N. The van der Waals surface area contributed by atoms with Gasteiger partial charge >= 0.3 is 0 Å². The van der Waals surface area contributed by atoms with Crippen LogP contribution in [0.15, 0.2) is 42.5 Å². The van der Waals surface area contributed by atoms with E-state index in [1.165, 1.54) is 18.2 Å². The van der Waals surface area contributed by atoms with Crippen molar-refractivity contribution in [3.8, 4) is 0 Å². The van der Waals surface area contributed by atoms with Gasteiger partial charge in [0.2, 0.25) is 0 Å². The van der Waals surface area contributed by atoms with Crippen molar-refractivity contribution in [3.05, 3.63) is 65.5 Å². The zero-order valence-corrected chi connectivity index (χ0v) is 9.75. The number of para-hydroxylation sites is 1. The van der Waals surface area contributed by atoms with Crippen LogP contribution in [0, 0.1) is 17.5 Å². The summed E-state index contributed by atoms with van der Waals surface area (Å²) in [6.45, 7) is 1.71. The first-order valence-electron chi connectivity index (χ1n) is 5.53. The molecule has 94 valence electrons. The number of nitrogens with one attached hydrogen (secondary N) is 1. The van der Waals surface area contributed by atoms with E-state index in [1.807, 2.05) is 0 Å². The number of anilines is 1. The van der Waals surface area contributed by atoms with Gasteiger partial charge in [-0.1, -0.05) is 12.1 Å². The third-order valence-electron chi connectivity index (χ3n) is 2.63. The van der Waals surface area contributed by atoms with Crippen LogP contribution in [0.1, 0.15) is 18.5 Å². The molecule has 0 bridgehead atoms. The van der Waals surface area contributed by atoms with Crippen LogP contribution in [0.5, 0.6) is 0 Å². The van der Waals surface area contributed by atoms with E-state index in [-0.39, 0.29) is 0 Å². The number of benzene rings is 2. The Hall–Kier alpha value is -1.97. The first-order valence-corrected chi connectivity index (χ1v) is 5.53. The van der Waals surface area contributed by atoms with Gasteiger partial charge in [0.25, 0.3) is 0 Å². The van der Waals surface area contributed by atoms with E-state index < -0.39 is 23.5 Å². The van der Waals surface area contributed by atoms with Gasteiger partial charge in [-0.3, -0.25) is 0 Å². The zero-order chi connectivity index (χ0) is 13.1. The minimum absolute atomic E-state index is 0.301. The smallest absolute Gasteiger partial charge is 0.146 e. The van der Waals surface area contributed by atoms with Gasteiger partial charge in [-0.25, -0.2) is 13.2 Å². The summed E-state index contributed by atoms with van der Waals surface area (Å²) < 4.78 is 39.5. The van der Waals surface area contributed by atoms with E-state index in [0.29, 0.717) is 11.3 Å². The lowest BCUT2D eigenvalue weighted by Gasteiger charge is -2.16. The lowest BCUT2D eigenvalue weighted by molar-refractivity contribution is 0.577. The quantitative estimate of drug-likeness (QED) is 0.858. The standard InChI is InChI=1S/C14H12F3N/c1-9(10-6-11(15)8-12(16)7-10)18-14-5-3-2-4-13(14)17/h2-9,18H,1H3. The molecule has 2 aromatic rings. The van der Waals surface area contributed by atoms with E-state index in [2.05, 4.69) is 5.32 Å². The minimum Gasteiger partial charge on any atom is -0.376 e. The Kier molecular flexibility index (Phi) is 3.55. The fraction of sp³-hybridized carbons (Fsp3) is 0.143. The fourth-order valence-electron chi connectivity index (χ4n) is 1.72. The highest BCUT2D eigenvalue weighted by Gasteiger charge is 2.10. The van der Waals surface area contributed by atoms with Crippen LogP contribution < -0.4 is 5.32 Å². The predicted molar refractivity (Wildman–Crippen MR) is 64.8 cm³/mol. The van der Waals surface area contributed by atoms with Gasteiger partial charge < -0.3 is 5.32 Å². The maximum Gasteiger partial charge on any atom is 0.146 e. The zero-order valence-electron chi connectivity index (χ0n) is 9.75. The third-order valence-corrected chi connectivity index (χ3v) is 2.63. The van der Waals surface area contributed by atoms with Gasteiger partial charge in [0.05, 0.1) is 5.69 Å². The SMILES string of the molecule is CC(Nc1ccccc1F)c1cc(F)cc(F)c1. The predicted octanol–water partition coefficient (Wildman–Crippen LogP) is 4.28. The highest BCUT2D eigenvalue weighted by atomic mass is 19.1. The Bertz CT molecular complexity index is 534. The Morgan fingerprint density at radius 2 is 1.56 bits per heavy atom. The molecule has 2 aromatic carbocycles. The van der Waals surface area contributed by atoms with Crippen LogP contribution in [-0.2, 0) is 0 Å². The van der Waals surface area contributed by atoms with E-state index in [0.717, 1.165) is 6.07 Å². The molecular weight excluding hydrogens is 239 g/mol. The van der Waals surface area contributed by atoms with Crippen LogP contribution in [0.2, 0.25) is 0 Å². The normalized spacial score (nSPS) is 12.2. The average Bonchev–Trinajstić information content (AvgIpc) is 2.31. The summed E-state index contributed by atoms with van der Waals surface area (Å²) in [5.74, 6) is -1.69. The van der Waals surface area contributed by atoms with E-state index >= 15 is 0 Å². The number of halogens is 3. The highest BCUT2D eigenvalue weighted by molar-refractivity contribution is 5.46. The molecule has 1 nitrogen and oxygen atoms in total. The summed E-state index contributed by atoms with van der Waals surface area (Å²) in [5, 5.41) is 2.87. The summed E-state index contributed by atoms with van der Waals surface area (Å²) in [6.07, 6.45) is 0. The second-order valence-electron chi connectivity index (χ2n) is 4.05. The van der Waals surface area contributed by atoms with Crippen molar-refractivity contribution in [1.29, 1.82) is 0 Å². The Morgan fingerprint density at radius 3 is 2.17 bits per heavy atom. The molecule has 0 heterocycles. The number of rotatable bonds is 3. The summed E-state index contributed by atoms with van der Waals surface area (Å²) in [5.41, 5.74) is 0.727. The molecule has 0 aliphatic carbocycles. The van der Waals surface area contributed by atoms with E-state index in [4.69, 9.17) is 0 Å². The minimum atomic E-state index is -0.646. The van der Waals surface area contributed by atoms with Crippen molar-refractivity contribution < 1.29 is 13.2 Å². The van der Waals surface area contributed by atoms with Crippen LogP contribution in [0.4, 0.5) is 18.9 Å². The second kappa shape index (κ2) is 5.12.